The number of likely N-dealkylation sites (N-methyl/N-ethyl adjacent to an activating group) is 1. The number of anilines is 2. The van der Waals surface area contributed by atoms with Gasteiger partial charge in [0.25, 0.3) is 5.91 Å². The summed E-state index contributed by atoms with van der Waals surface area (Å²) in [4.78, 5) is 31.5. The summed E-state index contributed by atoms with van der Waals surface area (Å²) in [5.41, 5.74) is 3.69. The van der Waals surface area contributed by atoms with E-state index in [-0.39, 0.29) is 17.9 Å². The monoisotopic (exact) mass is 451 g/mol. The Morgan fingerprint density at radius 3 is 2.52 bits per heavy atom. The van der Waals surface area contributed by atoms with Crippen LogP contribution in [0.3, 0.4) is 0 Å². The molecule has 2 aromatic carbocycles. The SMILES string of the molecule is CNC(=O)c1cccc([C@H]2CN(CC(=O)Nc3ccc(N4CCOCC4)cc3)CCN2C)c1. The van der Waals surface area contributed by atoms with Crippen LogP contribution in [0.15, 0.2) is 48.5 Å². The first-order chi connectivity index (χ1) is 16.0. The fourth-order valence-electron chi connectivity index (χ4n) is 4.45. The van der Waals surface area contributed by atoms with Crippen molar-refractivity contribution in [1.29, 1.82) is 0 Å². The molecule has 0 spiro atoms. The van der Waals surface area contributed by atoms with Gasteiger partial charge in [0.2, 0.25) is 5.91 Å². The van der Waals surface area contributed by atoms with E-state index in [4.69, 9.17) is 4.74 Å². The number of nitrogens with zero attached hydrogens (tertiary/aromatic N) is 3. The highest BCUT2D eigenvalue weighted by Gasteiger charge is 2.27. The van der Waals surface area contributed by atoms with Gasteiger partial charge < -0.3 is 20.3 Å². The topological polar surface area (TPSA) is 77.2 Å². The highest BCUT2D eigenvalue weighted by molar-refractivity contribution is 5.94. The van der Waals surface area contributed by atoms with Gasteiger partial charge in [-0.1, -0.05) is 12.1 Å². The van der Waals surface area contributed by atoms with Crippen LogP contribution in [-0.2, 0) is 9.53 Å². The number of rotatable bonds is 6. The molecule has 2 aromatic rings. The Labute approximate surface area is 195 Å². The zero-order chi connectivity index (χ0) is 23.2. The molecule has 33 heavy (non-hydrogen) atoms. The fraction of sp³-hybridized carbons (Fsp3) is 0.440. The van der Waals surface area contributed by atoms with Crippen LogP contribution < -0.4 is 15.5 Å². The maximum Gasteiger partial charge on any atom is 0.251 e. The van der Waals surface area contributed by atoms with Gasteiger partial charge in [0.05, 0.1) is 19.8 Å². The van der Waals surface area contributed by atoms with E-state index in [0.29, 0.717) is 12.1 Å². The molecule has 0 aliphatic carbocycles. The van der Waals surface area contributed by atoms with Crippen LogP contribution >= 0.6 is 0 Å². The predicted molar refractivity (Wildman–Crippen MR) is 130 cm³/mol. The number of piperazine rings is 1. The third-order valence-electron chi connectivity index (χ3n) is 6.39. The van der Waals surface area contributed by atoms with Gasteiger partial charge in [-0.2, -0.15) is 0 Å². The summed E-state index contributed by atoms with van der Waals surface area (Å²) >= 11 is 0. The molecule has 2 saturated heterocycles. The van der Waals surface area contributed by atoms with Crippen molar-refractivity contribution in [3.8, 4) is 0 Å². The Bertz CT molecular complexity index is 959. The molecule has 2 aliphatic rings. The number of morpholine rings is 1. The summed E-state index contributed by atoms with van der Waals surface area (Å²) in [6.45, 7) is 6.04. The standard InChI is InChI=1S/C25H33N5O3/c1-26-25(32)20-5-3-4-19(16-20)23-17-29(11-10-28(23)2)18-24(31)27-21-6-8-22(9-7-21)30-12-14-33-15-13-30/h3-9,16,23H,10-15,17-18H2,1-2H3,(H,26,32)(H,27,31)/t23-/m1/s1. The van der Waals surface area contributed by atoms with Gasteiger partial charge in [0.1, 0.15) is 0 Å². The summed E-state index contributed by atoms with van der Waals surface area (Å²) in [6.07, 6.45) is 0. The van der Waals surface area contributed by atoms with Gasteiger partial charge >= 0.3 is 0 Å². The molecule has 8 heteroatoms. The van der Waals surface area contributed by atoms with Crippen LogP contribution in [0.25, 0.3) is 0 Å². The molecule has 2 amide bonds. The summed E-state index contributed by atoms with van der Waals surface area (Å²) in [7, 11) is 3.73. The molecule has 0 unspecified atom stereocenters. The van der Waals surface area contributed by atoms with Crippen molar-refractivity contribution in [3.05, 3.63) is 59.7 Å². The van der Waals surface area contributed by atoms with Crippen molar-refractivity contribution < 1.29 is 14.3 Å². The Morgan fingerprint density at radius 1 is 1.03 bits per heavy atom. The van der Waals surface area contributed by atoms with Crippen LogP contribution in [0.2, 0.25) is 0 Å². The Morgan fingerprint density at radius 2 is 1.79 bits per heavy atom. The van der Waals surface area contributed by atoms with E-state index in [0.717, 1.165) is 62.9 Å². The number of carbonyl (C=O) groups is 2. The zero-order valence-corrected chi connectivity index (χ0v) is 19.4. The highest BCUT2D eigenvalue weighted by atomic mass is 16.5. The quantitative estimate of drug-likeness (QED) is 0.698. The Balaban J connectivity index is 1.34. The molecule has 2 heterocycles. The second-order valence-corrected chi connectivity index (χ2v) is 8.63. The molecule has 0 saturated carbocycles. The normalized spacial score (nSPS) is 19.8. The van der Waals surface area contributed by atoms with Gasteiger partial charge in [-0.25, -0.2) is 0 Å². The molecule has 0 radical (unpaired) electrons. The minimum absolute atomic E-state index is 0.0171. The molecule has 0 aromatic heterocycles. The lowest BCUT2D eigenvalue weighted by molar-refractivity contribution is -0.118. The molecule has 176 valence electrons. The molecule has 1 atom stereocenters. The number of carbonyl (C=O) groups excluding carboxylic acids is 2. The molecule has 2 N–H and O–H groups in total. The lowest BCUT2D eigenvalue weighted by Gasteiger charge is -2.39. The average Bonchev–Trinajstić information content (AvgIpc) is 2.85. The summed E-state index contributed by atoms with van der Waals surface area (Å²) < 4.78 is 5.41. The van der Waals surface area contributed by atoms with E-state index in [1.54, 1.807) is 7.05 Å². The van der Waals surface area contributed by atoms with E-state index in [1.807, 2.05) is 48.5 Å². The van der Waals surface area contributed by atoms with Crippen LogP contribution in [0.1, 0.15) is 22.0 Å². The minimum atomic E-state index is -0.0915. The zero-order valence-electron chi connectivity index (χ0n) is 19.4. The average molecular weight is 452 g/mol. The van der Waals surface area contributed by atoms with Crippen LogP contribution in [-0.4, -0.2) is 88.2 Å². The van der Waals surface area contributed by atoms with Crippen molar-refractivity contribution in [2.24, 2.45) is 0 Å². The van der Waals surface area contributed by atoms with Crippen LogP contribution in [0.5, 0.6) is 0 Å². The first-order valence-corrected chi connectivity index (χ1v) is 11.5. The Hall–Kier alpha value is -2.94. The van der Waals surface area contributed by atoms with Gasteiger partial charge in [-0.3, -0.25) is 19.4 Å². The molecule has 8 nitrogen and oxygen atoms in total. The summed E-state index contributed by atoms with van der Waals surface area (Å²) in [6, 6.07) is 15.9. The summed E-state index contributed by atoms with van der Waals surface area (Å²) in [5, 5.41) is 5.71. The molecular weight excluding hydrogens is 418 g/mol. The van der Waals surface area contributed by atoms with Gasteiger partial charge in [-0.15, -0.1) is 0 Å². The third kappa shape index (κ3) is 5.90. The number of benzene rings is 2. The molecule has 4 rings (SSSR count). The number of hydrogen-bond acceptors (Lipinski definition) is 6. The molecule has 2 aliphatic heterocycles. The van der Waals surface area contributed by atoms with E-state index in [2.05, 4.69) is 32.4 Å². The minimum Gasteiger partial charge on any atom is -0.378 e. The van der Waals surface area contributed by atoms with E-state index >= 15 is 0 Å². The van der Waals surface area contributed by atoms with E-state index < -0.39 is 0 Å². The molecular formula is C25H33N5O3. The van der Waals surface area contributed by atoms with Gasteiger partial charge in [-0.05, 0) is 49.0 Å². The number of amides is 2. The molecule has 0 bridgehead atoms. The predicted octanol–water partition coefficient (Wildman–Crippen LogP) is 1.81. The molecule has 2 fully saturated rings. The van der Waals surface area contributed by atoms with E-state index in [9.17, 15) is 9.59 Å². The third-order valence-corrected chi connectivity index (χ3v) is 6.39. The lowest BCUT2D eigenvalue weighted by Crippen LogP contribution is -2.48. The van der Waals surface area contributed by atoms with Crippen LogP contribution in [0.4, 0.5) is 11.4 Å². The first kappa shape index (κ1) is 23.2. The second kappa shape index (κ2) is 10.8. The van der Waals surface area contributed by atoms with Crippen molar-refractivity contribution >= 4 is 23.2 Å². The van der Waals surface area contributed by atoms with Crippen molar-refractivity contribution in [1.82, 2.24) is 15.1 Å². The number of hydrogen-bond donors (Lipinski definition) is 2. The van der Waals surface area contributed by atoms with Crippen molar-refractivity contribution in [3.63, 3.8) is 0 Å². The maximum absolute atomic E-state index is 12.7. The second-order valence-electron chi connectivity index (χ2n) is 8.63. The van der Waals surface area contributed by atoms with E-state index in [1.165, 1.54) is 0 Å². The Kier molecular flexibility index (Phi) is 7.59. The van der Waals surface area contributed by atoms with Crippen molar-refractivity contribution in [2.75, 3.05) is 76.8 Å². The smallest absolute Gasteiger partial charge is 0.251 e. The van der Waals surface area contributed by atoms with Gasteiger partial charge in [0.15, 0.2) is 0 Å². The maximum atomic E-state index is 12.7. The fourth-order valence-corrected chi connectivity index (χ4v) is 4.45. The highest BCUT2D eigenvalue weighted by Crippen LogP contribution is 2.25. The number of nitrogens with one attached hydrogen (secondary N) is 2. The van der Waals surface area contributed by atoms with Gasteiger partial charge in [0, 0.05) is 62.8 Å². The lowest BCUT2D eigenvalue weighted by atomic mass is 10.00. The first-order valence-electron chi connectivity index (χ1n) is 11.5. The number of ether oxygens (including phenoxy) is 1. The summed E-state index contributed by atoms with van der Waals surface area (Å²) in [5.74, 6) is -0.109. The van der Waals surface area contributed by atoms with Crippen LogP contribution in [0, 0.1) is 0 Å². The largest absolute Gasteiger partial charge is 0.378 e. The van der Waals surface area contributed by atoms with Crippen molar-refractivity contribution in [2.45, 2.75) is 6.04 Å².